The summed E-state index contributed by atoms with van der Waals surface area (Å²) in [6.07, 6.45) is 0. The minimum Gasteiger partial charge on any atom is -0.497 e. The van der Waals surface area contributed by atoms with E-state index in [0.29, 0.717) is 11.4 Å². The third-order valence-corrected chi connectivity index (χ3v) is 2.95. The lowest BCUT2D eigenvalue weighted by molar-refractivity contribution is -0.141. The summed E-state index contributed by atoms with van der Waals surface area (Å²) in [5.41, 5.74) is 1.46. The van der Waals surface area contributed by atoms with Crippen LogP contribution in [0.5, 0.6) is 5.75 Å². The number of rotatable bonds is 4. The van der Waals surface area contributed by atoms with Gasteiger partial charge in [-0.25, -0.2) is 9.59 Å². The first-order chi connectivity index (χ1) is 8.86. The fourth-order valence-electron chi connectivity index (χ4n) is 1.41. The van der Waals surface area contributed by atoms with Gasteiger partial charge in [0.25, 0.3) is 0 Å². The van der Waals surface area contributed by atoms with Crippen molar-refractivity contribution in [2.45, 2.75) is 19.9 Å². The quantitative estimate of drug-likeness (QED) is 0.873. The first-order valence-electron chi connectivity index (χ1n) is 5.78. The Balaban J connectivity index is 2.84. The molecule has 1 aromatic rings. The molecule has 1 rings (SSSR count). The van der Waals surface area contributed by atoms with Crippen molar-refractivity contribution in [3.63, 3.8) is 0 Å². The molecule has 0 heterocycles. The fraction of sp³-hybridized carbons (Fsp3) is 0.385. The predicted octanol–water partition coefficient (Wildman–Crippen LogP) is 1.94. The lowest BCUT2D eigenvalue weighted by atomic mass is 10.2. The number of carbonyl (C=O) groups is 2. The highest BCUT2D eigenvalue weighted by atomic mass is 16.5. The zero-order valence-electron chi connectivity index (χ0n) is 11.4. The molecule has 0 radical (unpaired) electrons. The SMILES string of the molecule is COc1ccc(C)c(NC(=O)N(C)C(C)C(=O)O)c1. The first-order valence-corrected chi connectivity index (χ1v) is 5.78. The van der Waals surface area contributed by atoms with Crippen molar-refractivity contribution in [1.82, 2.24) is 4.90 Å². The van der Waals surface area contributed by atoms with Gasteiger partial charge in [-0.1, -0.05) is 6.07 Å². The number of carbonyl (C=O) groups excluding carboxylic acids is 1. The number of benzene rings is 1. The molecule has 0 aliphatic rings. The second-order valence-corrected chi connectivity index (χ2v) is 4.24. The molecule has 1 aromatic carbocycles. The molecule has 0 fully saturated rings. The van der Waals surface area contributed by atoms with Crippen molar-refractivity contribution in [2.24, 2.45) is 0 Å². The third-order valence-electron chi connectivity index (χ3n) is 2.95. The van der Waals surface area contributed by atoms with Crippen LogP contribution in [0.3, 0.4) is 0 Å². The number of aryl methyl sites for hydroxylation is 1. The molecule has 19 heavy (non-hydrogen) atoms. The number of methoxy groups -OCH3 is 1. The molecule has 6 heteroatoms. The van der Waals surface area contributed by atoms with Gasteiger partial charge in [-0.2, -0.15) is 0 Å². The normalized spacial score (nSPS) is 11.6. The van der Waals surface area contributed by atoms with Crippen LogP contribution < -0.4 is 10.1 Å². The molecule has 0 aliphatic carbocycles. The minimum atomic E-state index is -1.06. The number of carboxylic acid groups (broad SMARTS) is 1. The highest BCUT2D eigenvalue weighted by Gasteiger charge is 2.22. The van der Waals surface area contributed by atoms with Crippen LogP contribution >= 0.6 is 0 Å². The lowest BCUT2D eigenvalue weighted by Crippen LogP contribution is -2.42. The molecule has 6 nitrogen and oxygen atoms in total. The Morgan fingerprint density at radius 3 is 2.58 bits per heavy atom. The molecule has 0 saturated heterocycles. The minimum absolute atomic E-state index is 0.480. The standard InChI is InChI=1S/C13H18N2O4/c1-8-5-6-10(19-4)7-11(8)14-13(18)15(3)9(2)12(16)17/h5-7,9H,1-4H3,(H,14,18)(H,16,17). The molecule has 1 atom stereocenters. The van der Waals surface area contributed by atoms with Crippen molar-refractivity contribution >= 4 is 17.7 Å². The number of nitrogens with one attached hydrogen (secondary N) is 1. The first kappa shape index (κ1) is 14.8. The zero-order chi connectivity index (χ0) is 14.6. The molecule has 0 aliphatic heterocycles. The van der Waals surface area contributed by atoms with Crippen LogP contribution in [0.2, 0.25) is 0 Å². The van der Waals surface area contributed by atoms with Crippen molar-refractivity contribution in [1.29, 1.82) is 0 Å². The predicted molar refractivity (Wildman–Crippen MR) is 71.6 cm³/mol. The van der Waals surface area contributed by atoms with E-state index in [-0.39, 0.29) is 0 Å². The molecule has 2 amide bonds. The summed E-state index contributed by atoms with van der Waals surface area (Å²) in [5, 5.41) is 11.5. The second kappa shape index (κ2) is 6.08. The van der Waals surface area contributed by atoms with Gasteiger partial charge in [-0.3, -0.25) is 0 Å². The number of anilines is 1. The number of hydrogen-bond donors (Lipinski definition) is 2. The number of amides is 2. The summed E-state index contributed by atoms with van der Waals surface area (Å²) in [6.45, 7) is 3.29. The Hall–Kier alpha value is -2.24. The topological polar surface area (TPSA) is 78.9 Å². The van der Waals surface area contributed by atoms with E-state index in [0.717, 1.165) is 10.5 Å². The Morgan fingerprint density at radius 1 is 1.42 bits per heavy atom. The van der Waals surface area contributed by atoms with Crippen LogP contribution in [0.4, 0.5) is 10.5 Å². The fourth-order valence-corrected chi connectivity index (χ4v) is 1.41. The molecule has 0 aromatic heterocycles. The Kier molecular flexibility index (Phi) is 4.74. The number of hydrogen-bond acceptors (Lipinski definition) is 3. The maximum Gasteiger partial charge on any atom is 0.326 e. The number of ether oxygens (including phenoxy) is 1. The smallest absolute Gasteiger partial charge is 0.326 e. The van der Waals surface area contributed by atoms with Crippen LogP contribution in [0.1, 0.15) is 12.5 Å². The van der Waals surface area contributed by atoms with E-state index in [2.05, 4.69) is 5.32 Å². The summed E-state index contributed by atoms with van der Waals surface area (Å²) in [5.74, 6) is -0.435. The van der Waals surface area contributed by atoms with Gasteiger partial charge in [0.05, 0.1) is 7.11 Å². The zero-order valence-corrected chi connectivity index (χ0v) is 11.4. The number of likely N-dealkylation sites (N-methyl/N-ethyl adjacent to an activating group) is 1. The highest BCUT2D eigenvalue weighted by Crippen LogP contribution is 2.22. The van der Waals surface area contributed by atoms with E-state index >= 15 is 0 Å². The van der Waals surface area contributed by atoms with Gasteiger partial charge in [0, 0.05) is 18.8 Å². The molecule has 104 valence electrons. The number of aliphatic carboxylic acids is 1. The number of urea groups is 1. The average molecular weight is 266 g/mol. The molecular weight excluding hydrogens is 248 g/mol. The van der Waals surface area contributed by atoms with Crippen LogP contribution in [0.15, 0.2) is 18.2 Å². The van der Waals surface area contributed by atoms with Gasteiger partial charge in [-0.15, -0.1) is 0 Å². The third kappa shape index (κ3) is 3.61. The average Bonchev–Trinajstić information content (AvgIpc) is 2.39. The van der Waals surface area contributed by atoms with Gasteiger partial charge in [-0.05, 0) is 25.5 Å². The molecule has 0 spiro atoms. The summed E-state index contributed by atoms with van der Waals surface area (Å²) >= 11 is 0. The second-order valence-electron chi connectivity index (χ2n) is 4.24. The van der Waals surface area contributed by atoms with Crippen LogP contribution in [-0.4, -0.2) is 42.2 Å². The maximum absolute atomic E-state index is 11.9. The van der Waals surface area contributed by atoms with Gasteiger partial charge >= 0.3 is 12.0 Å². The van der Waals surface area contributed by atoms with E-state index in [9.17, 15) is 9.59 Å². The Labute approximate surface area is 112 Å². The molecule has 1 unspecified atom stereocenters. The van der Waals surface area contributed by atoms with Crippen LogP contribution in [-0.2, 0) is 4.79 Å². The van der Waals surface area contributed by atoms with Gasteiger partial charge in [0.15, 0.2) is 0 Å². The van der Waals surface area contributed by atoms with Crippen LogP contribution in [0.25, 0.3) is 0 Å². The summed E-state index contributed by atoms with van der Waals surface area (Å²) < 4.78 is 5.08. The van der Waals surface area contributed by atoms with Crippen molar-refractivity contribution in [3.05, 3.63) is 23.8 Å². The van der Waals surface area contributed by atoms with E-state index < -0.39 is 18.0 Å². The number of nitrogens with zero attached hydrogens (tertiary/aromatic N) is 1. The largest absolute Gasteiger partial charge is 0.497 e. The summed E-state index contributed by atoms with van der Waals surface area (Å²) in [7, 11) is 2.97. The van der Waals surface area contributed by atoms with Gasteiger partial charge in [0.2, 0.25) is 0 Å². The van der Waals surface area contributed by atoms with Gasteiger partial charge in [0.1, 0.15) is 11.8 Å². The van der Waals surface area contributed by atoms with Crippen LogP contribution in [0, 0.1) is 6.92 Å². The monoisotopic (exact) mass is 266 g/mol. The Morgan fingerprint density at radius 2 is 2.05 bits per heavy atom. The van der Waals surface area contributed by atoms with E-state index in [4.69, 9.17) is 9.84 Å². The van der Waals surface area contributed by atoms with E-state index in [1.54, 1.807) is 12.1 Å². The van der Waals surface area contributed by atoms with E-state index in [1.165, 1.54) is 21.1 Å². The summed E-state index contributed by atoms with van der Waals surface area (Å²) in [4.78, 5) is 23.9. The Bertz CT molecular complexity index is 488. The van der Waals surface area contributed by atoms with Crippen molar-refractivity contribution in [2.75, 3.05) is 19.5 Å². The molecular formula is C13H18N2O4. The van der Waals surface area contributed by atoms with Crippen molar-refractivity contribution < 1.29 is 19.4 Å². The highest BCUT2D eigenvalue weighted by molar-refractivity contribution is 5.92. The molecule has 2 N–H and O–H groups in total. The maximum atomic E-state index is 11.9. The lowest BCUT2D eigenvalue weighted by Gasteiger charge is -2.22. The number of carboxylic acids is 1. The molecule has 0 bridgehead atoms. The molecule has 0 saturated carbocycles. The van der Waals surface area contributed by atoms with E-state index in [1.807, 2.05) is 13.0 Å². The van der Waals surface area contributed by atoms with Gasteiger partial charge < -0.3 is 20.1 Å². The van der Waals surface area contributed by atoms with Crippen molar-refractivity contribution in [3.8, 4) is 5.75 Å². The summed E-state index contributed by atoms with van der Waals surface area (Å²) in [6, 6.07) is 3.91.